The van der Waals surface area contributed by atoms with E-state index in [9.17, 15) is 4.79 Å². The second kappa shape index (κ2) is 6.27. The van der Waals surface area contributed by atoms with Crippen LogP contribution in [0.1, 0.15) is 6.92 Å². The normalized spacial score (nSPS) is 11.7. The first-order valence-electron chi connectivity index (χ1n) is 4.15. The number of rotatable bonds is 4. The van der Waals surface area contributed by atoms with Gasteiger partial charge in [0.1, 0.15) is 0 Å². The van der Waals surface area contributed by atoms with E-state index in [-0.39, 0.29) is 23.6 Å². The number of hydrogen-bond acceptors (Lipinski definition) is 4. The number of esters is 1. The predicted molar refractivity (Wildman–Crippen MR) is 58.5 cm³/mol. The standard InChI is InChI=1S/C10H13N3O2/c1-4-8(7(3)12)9(13-6-11)10(14)15-5-2/h1,6H,3,5,12H2,2H3,(H2,11,13)/b9-8-. The van der Waals surface area contributed by atoms with Crippen LogP contribution in [0.25, 0.3) is 0 Å². The Morgan fingerprint density at radius 1 is 1.73 bits per heavy atom. The molecule has 0 bridgehead atoms. The van der Waals surface area contributed by atoms with E-state index in [2.05, 4.69) is 17.5 Å². The first-order chi connectivity index (χ1) is 7.08. The molecule has 0 aromatic rings. The number of nitrogens with two attached hydrogens (primary N) is 2. The van der Waals surface area contributed by atoms with Crippen LogP contribution in [0, 0.1) is 12.3 Å². The van der Waals surface area contributed by atoms with E-state index in [1.807, 2.05) is 0 Å². The second-order valence-electron chi connectivity index (χ2n) is 2.39. The summed E-state index contributed by atoms with van der Waals surface area (Å²) in [6.45, 7) is 5.29. The Kier molecular flexibility index (Phi) is 5.34. The van der Waals surface area contributed by atoms with Gasteiger partial charge < -0.3 is 16.2 Å². The van der Waals surface area contributed by atoms with Gasteiger partial charge in [-0.1, -0.05) is 12.5 Å². The SMILES string of the molecule is C#C/C(C(=C)N)=C(/N=C\N)C(=O)OCC. The minimum absolute atomic E-state index is 0.0613. The van der Waals surface area contributed by atoms with Gasteiger partial charge in [-0.25, -0.2) is 9.79 Å². The van der Waals surface area contributed by atoms with Crippen molar-refractivity contribution in [2.24, 2.45) is 16.5 Å². The molecule has 0 heterocycles. The lowest BCUT2D eigenvalue weighted by atomic mass is 10.1. The highest BCUT2D eigenvalue weighted by Gasteiger charge is 2.15. The van der Waals surface area contributed by atoms with Crippen molar-refractivity contribution >= 4 is 12.3 Å². The average molecular weight is 207 g/mol. The Balaban J connectivity index is 5.36. The van der Waals surface area contributed by atoms with Gasteiger partial charge in [-0.15, -0.1) is 6.42 Å². The van der Waals surface area contributed by atoms with Crippen molar-refractivity contribution in [1.82, 2.24) is 0 Å². The number of carbonyl (C=O) groups excluding carboxylic acids is 1. The molecule has 0 aliphatic heterocycles. The number of hydrogen-bond donors (Lipinski definition) is 2. The minimum Gasteiger partial charge on any atom is -0.461 e. The lowest BCUT2D eigenvalue weighted by Gasteiger charge is -2.05. The summed E-state index contributed by atoms with van der Waals surface area (Å²) in [6, 6.07) is 0. The highest BCUT2D eigenvalue weighted by Crippen LogP contribution is 2.11. The van der Waals surface area contributed by atoms with Crippen LogP contribution >= 0.6 is 0 Å². The summed E-state index contributed by atoms with van der Waals surface area (Å²) in [5.41, 5.74) is 10.5. The highest BCUT2D eigenvalue weighted by molar-refractivity contribution is 5.92. The predicted octanol–water partition coefficient (Wildman–Crippen LogP) is -0.104. The summed E-state index contributed by atoms with van der Waals surface area (Å²) in [6.07, 6.45) is 6.10. The van der Waals surface area contributed by atoms with Gasteiger partial charge in [0, 0.05) is 5.70 Å². The minimum atomic E-state index is -0.682. The molecule has 0 amide bonds. The molecule has 15 heavy (non-hydrogen) atoms. The first-order valence-corrected chi connectivity index (χ1v) is 4.15. The van der Waals surface area contributed by atoms with Crippen LogP contribution in [-0.4, -0.2) is 18.9 Å². The highest BCUT2D eigenvalue weighted by atomic mass is 16.5. The zero-order valence-corrected chi connectivity index (χ0v) is 8.49. The summed E-state index contributed by atoms with van der Waals surface area (Å²) in [7, 11) is 0. The molecule has 0 aromatic heterocycles. The van der Waals surface area contributed by atoms with Gasteiger partial charge >= 0.3 is 5.97 Å². The first kappa shape index (κ1) is 12.8. The monoisotopic (exact) mass is 207 g/mol. The quantitative estimate of drug-likeness (QED) is 0.168. The summed E-state index contributed by atoms with van der Waals surface area (Å²) < 4.78 is 4.73. The van der Waals surface area contributed by atoms with Crippen LogP contribution in [0.2, 0.25) is 0 Å². The van der Waals surface area contributed by atoms with Gasteiger partial charge in [0.25, 0.3) is 0 Å². The van der Waals surface area contributed by atoms with Crippen molar-refractivity contribution in [1.29, 1.82) is 0 Å². The summed E-state index contributed by atoms with van der Waals surface area (Å²) in [5, 5.41) is 0. The maximum absolute atomic E-state index is 11.4. The van der Waals surface area contributed by atoms with Gasteiger partial charge in [0.2, 0.25) is 0 Å². The fourth-order valence-corrected chi connectivity index (χ4v) is 0.806. The third-order valence-electron chi connectivity index (χ3n) is 1.37. The molecule has 5 nitrogen and oxygen atoms in total. The molecule has 0 radical (unpaired) electrons. The van der Waals surface area contributed by atoms with Crippen molar-refractivity contribution in [3.8, 4) is 12.3 Å². The molecule has 0 spiro atoms. The van der Waals surface area contributed by atoms with Gasteiger partial charge in [-0.2, -0.15) is 0 Å². The largest absolute Gasteiger partial charge is 0.461 e. The zero-order chi connectivity index (χ0) is 11.8. The molecule has 0 aliphatic carbocycles. The Bertz CT molecular complexity index is 361. The van der Waals surface area contributed by atoms with Crippen molar-refractivity contribution < 1.29 is 9.53 Å². The number of terminal acetylenes is 1. The molecule has 0 aliphatic rings. The number of aliphatic imine (C=N–C) groups is 1. The van der Waals surface area contributed by atoms with Gasteiger partial charge in [0.15, 0.2) is 5.70 Å². The van der Waals surface area contributed by atoms with E-state index >= 15 is 0 Å². The molecule has 5 heteroatoms. The number of ether oxygens (including phenoxy) is 1. The average Bonchev–Trinajstić information content (AvgIpc) is 2.17. The molecular weight excluding hydrogens is 194 g/mol. The lowest BCUT2D eigenvalue weighted by molar-refractivity contribution is -0.138. The van der Waals surface area contributed by atoms with Crippen molar-refractivity contribution in [2.75, 3.05) is 6.61 Å². The fraction of sp³-hybridized carbons (Fsp3) is 0.200. The summed E-state index contributed by atoms with van der Waals surface area (Å²) in [4.78, 5) is 15.0. The van der Waals surface area contributed by atoms with Crippen LogP contribution in [0.3, 0.4) is 0 Å². The summed E-state index contributed by atoms with van der Waals surface area (Å²) in [5.74, 6) is 1.53. The number of carbonyl (C=O) groups is 1. The molecule has 0 aromatic carbocycles. The van der Waals surface area contributed by atoms with Gasteiger partial charge in [0.05, 0.1) is 18.5 Å². The van der Waals surface area contributed by atoms with E-state index in [1.54, 1.807) is 6.92 Å². The second-order valence-corrected chi connectivity index (χ2v) is 2.39. The fourth-order valence-electron chi connectivity index (χ4n) is 0.806. The number of nitrogens with zero attached hydrogens (tertiary/aromatic N) is 1. The topological polar surface area (TPSA) is 90.7 Å². The maximum atomic E-state index is 11.4. The van der Waals surface area contributed by atoms with Crippen LogP contribution < -0.4 is 11.5 Å². The maximum Gasteiger partial charge on any atom is 0.358 e. The Morgan fingerprint density at radius 2 is 2.33 bits per heavy atom. The molecule has 0 fully saturated rings. The van der Waals surface area contributed by atoms with Crippen molar-refractivity contribution in [3.63, 3.8) is 0 Å². The summed E-state index contributed by atoms with van der Waals surface area (Å²) >= 11 is 0. The zero-order valence-electron chi connectivity index (χ0n) is 8.49. The van der Waals surface area contributed by atoms with Crippen LogP contribution in [-0.2, 0) is 9.53 Å². The third-order valence-corrected chi connectivity index (χ3v) is 1.37. The van der Waals surface area contributed by atoms with Crippen LogP contribution in [0.5, 0.6) is 0 Å². The Labute approximate surface area is 88.5 Å². The third kappa shape index (κ3) is 3.56. The Morgan fingerprint density at radius 3 is 2.67 bits per heavy atom. The molecule has 0 saturated heterocycles. The van der Waals surface area contributed by atoms with Gasteiger partial charge in [-0.05, 0) is 6.92 Å². The smallest absolute Gasteiger partial charge is 0.358 e. The molecule has 80 valence electrons. The van der Waals surface area contributed by atoms with E-state index in [0.717, 1.165) is 6.34 Å². The molecule has 0 saturated carbocycles. The molecule has 0 atom stereocenters. The van der Waals surface area contributed by atoms with E-state index in [1.165, 1.54) is 0 Å². The van der Waals surface area contributed by atoms with Crippen molar-refractivity contribution in [2.45, 2.75) is 6.92 Å². The number of allylic oxidation sites excluding steroid dienone is 1. The Hall–Kier alpha value is -2.22. The van der Waals surface area contributed by atoms with E-state index in [0.29, 0.717) is 0 Å². The van der Waals surface area contributed by atoms with Crippen LogP contribution in [0.15, 0.2) is 28.5 Å². The lowest BCUT2D eigenvalue weighted by Crippen LogP contribution is -2.12. The van der Waals surface area contributed by atoms with E-state index < -0.39 is 5.97 Å². The molecular formula is C10H13N3O2. The van der Waals surface area contributed by atoms with Crippen molar-refractivity contribution in [3.05, 3.63) is 23.5 Å². The van der Waals surface area contributed by atoms with E-state index in [4.69, 9.17) is 22.6 Å². The van der Waals surface area contributed by atoms with Crippen LogP contribution in [0.4, 0.5) is 0 Å². The molecule has 0 unspecified atom stereocenters. The molecule has 0 rings (SSSR count). The molecule has 4 N–H and O–H groups in total. The van der Waals surface area contributed by atoms with Gasteiger partial charge in [-0.3, -0.25) is 0 Å².